The van der Waals surface area contributed by atoms with Crippen molar-refractivity contribution in [3.8, 4) is 0 Å². The standard InChI is InChI=1S/C24H44N2O8P2/c1-10-30-35(28,31-11-2)22(36(29,32-12-3)33-13-4)20-14-16-21(17-15-20)25(8)18-19-26(9)23(27)34-24(5,6)7/h14-17,22H,10-13,18-19H2,1-9H3. The van der Waals surface area contributed by atoms with E-state index in [0.29, 0.717) is 18.7 Å². The van der Waals surface area contributed by atoms with Crippen LogP contribution in [0.2, 0.25) is 0 Å². The molecule has 0 fully saturated rings. The molecule has 0 heterocycles. The quantitative estimate of drug-likeness (QED) is 0.226. The summed E-state index contributed by atoms with van der Waals surface area (Å²) in [5, 5.41) is -1.23. The molecule has 0 radical (unpaired) electrons. The zero-order valence-corrected chi connectivity index (χ0v) is 25.0. The summed E-state index contributed by atoms with van der Waals surface area (Å²) in [6.07, 6.45) is -0.390. The van der Waals surface area contributed by atoms with Crippen molar-refractivity contribution in [3.05, 3.63) is 29.8 Å². The van der Waals surface area contributed by atoms with Gasteiger partial charge < -0.3 is 32.6 Å². The molecule has 0 bridgehead atoms. The maximum absolute atomic E-state index is 13.8. The molecule has 0 aromatic heterocycles. The Balaban J connectivity index is 3.21. The number of hydrogen-bond acceptors (Lipinski definition) is 9. The monoisotopic (exact) mass is 550 g/mol. The van der Waals surface area contributed by atoms with Crippen LogP contribution in [0.4, 0.5) is 10.5 Å². The lowest BCUT2D eigenvalue weighted by Gasteiger charge is -2.32. The molecule has 1 aromatic carbocycles. The normalized spacial score (nSPS) is 12.6. The van der Waals surface area contributed by atoms with E-state index >= 15 is 0 Å². The number of carbonyl (C=O) groups is 1. The third kappa shape index (κ3) is 9.47. The molecule has 208 valence electrons. The number of anilines is 1. The third-order valence-corrected chi connectivity index (χ3v) is 10.9. The van der Waals surface area contributed by atoms with E-state index in [0.717, 1.165) is 5.69 Å². The summed E-state index contributed by atoms with van der Waals surface area (Å²) < 4.78 is 55.3. The van der Waals surface area contributed by atoms with Crippen molar-refractivity contribution in [2.45, 2.75) is 59.5 Å². The third-order valence-electron chi connectivity index (χ3n) is 4.94. The highest BCUT2D eigenvalue weighted by molar-refractivity contribution is 7.72. The molecule has 0 aliphatic rings. The molecule has 0 saturated heterocycles. The zero-order chi connectivity index (χ0) is 27.6. The van der Waals surface area contributed by atoms with E-state index in [9.17, 15) is 13.9 Å². The van der Waals surface area contributed by atoms with Gasteiger partial charge in [0.2, 0.25) is 0 Å². The summed E-state index contributed by atoms with van der Waals surface area (Å²) in [5.74, 6) is 0. The molecule has 36 heavy (non-hydrogen) atoms. The molecular weight excluding hydrogens is 506 g/mol. The molecule has 1 amide bonds. The fraction of sp³-hybridized carbons (Fsp3) is 0.708. The first-order valence-electron chi connectivity index (χ1n) is 12.3. The molecule has 0 aliphatic carbocycles. The van der Waals surface area contributed by atoms with Crippen LogP contribution in [-0.2, 0) is 32.0 Å². The molecule has 0 N–H and O–H groups in total. The van der Waals surface area contributed by atoms with Gasteiger partial charge in [0.25, 0.3) is 0 Å². The molecule has 0 atom stereocenters. The minimum atomic E-state index is -3.91. The number of carbonyl (C=O) groups excluding carboxylic acids is 1. The van der Waals surface area contributed by atoms with Crippen molar-refractivity contribution >= 4 is 27.0 Å². The van der Waals surface area contributed by atoms with Crippen LogP contribution in [0.3, 0.4) is 0 Å². The Kier molecular flexibility index (Phi) is 13.1. The molecule has 10 nitrogen and oxygen atoms in total. The zero-order valence-electron chi connectivity index (χ0n) is 23.2. The maximum atomic E-state index is 13.8. The summed E-state index contributed by atoms with van der Waals surface area (Å²) in [6.45, 7) is 13.7. The first kappa shape index (κ1) is 32.6. The van der Waals surface area contributed by atoms with Crippen molar-refractivity contribution in [1.82, 2.24) is 4.90 Å². The molecule has 0 saturated carbocycles. The highest BCUT2D eigenvalue weighted by Gasteiger charge is 2.51. The number of rotatable bonds is 15. The molecule has 0 spiro atoms. The lowest BCUT2D eigenvalue weighted by Crippen LogP contribution is -2.38. The van der Waals surface area contributed by atoms with Crippen LogP contribution < -0.4 is 4.90 Å². The number of amides is 1. The van der Waals surface area contributed by atoms with Gasteiger partial charge in [0, 0.05) is 32.9 Å². The van der Waals surface area contributed by atoms with E-state index < -0.39 is 26.2 Å². The van der Waals surface area contributed by atoms with Crippen LogP contribution in [-0.4, -0.2) is 70.2 Å². The van der Waals surface area contributed by atoms with Crippen molar-refractivity contribution < 1.29 is 36.8 Å². The molecule has 12 heteroatoms. The minimum absolute atomic E-state index is 0.109. The van der Waals surface area contributed by atoms with Gasteiger partial charge in [0.05, 0.1) is 26.4 Å². The van der Waals surface area contributed by atoms with E-state index in [1.807, 2.05) is 44.9 Å². The highest BCUT2D eigenvalue weighted by Crippen LogP contribution is 2.78. The Morgan fingerprint density at radius 3 is 1.58 bits per heavy atom. The maximum Gasteiger partial charge on any atom is 0.410 e. The average Bonchev–Trinajstić information content (AvgIpc) is 2.77. The van der Waals surface area contributed by atoms with Gasteiger partial charge in [-0.15, -0.1) is 0 Å². The Bertz CT molecular complexity index is 854. The first-order chi connectivity index (χ1) is 16.8. The van der Waals surface area contributed by atoms with Gasteiger partial charge in [-0.2, -0.15) is 0 Å². The van der Waals surface area contributed by atoms with Crippen LogP contribution in [0, 0.1) is 0 Å². The number of nitrogens with zero attached hydrogens (tertiary/aromatic N) is 2. The highest BCUT2D eigenvalue weighted by atomic mass is 31.2. The molecule has 0 unspecified atom stereocenters. The van der Waals surface area contributed by atoms with Crippen molar-refractivity contribution in [1.29, 1.82) is 0 Å². The molecular formula is C24H44N2O8P2. The molecule has 1 rings (SSSR count). The van der Waals surface area contributed by atoms with E-state index in [1.165, 1.54) is 4.90 Å². The minimum Gasteiger partial charge on any atom is -0.444 e. The van der Waals surface area contributed by atoms with E-state index in [1.54, 1.807) is 46.9 Å². The summed E-state index contributed by atoms with van der Waals surface area (Å²) in [5.41, 5.74) is 0.753. The summed E-state index contributed by atoms with van der Waals surface area (Å²) >= 11 is 0. The van der Waals surface area contributed by atoms with Gasteiger partial charge in [-0.05, 0) is 66.2 Å². The lowest BCUT2D eigenvalue weighted by atomic mass is 10.2. The molecule has 1 aromatic rings. The Morgan fingerprint density at radius 1 is 0.806 bits per heavy atom. The van der Waals surface area contributed by atoms with Gasteiger partial charge >= 0.3 is 21.3 Å². The summed E-state index contributed by atoms with van der Waals surface area (Å²) in [6, 6.07) is 7.09. The van der Waals surface area contributed by atoms with E-state index in [4.69, 9.17) is 22.8 Å². The van der Waals surface area contributed by atoms with Crippen LogP contribution >= 0.6 is 15.2 Å². The Morgan fingerprint density at radius 2 is 1.22 bits per heavy atom. The lowest BCUT2D eigenvalue weighted by molar-refractivity contribution is 0.0303. The fourth-order valence-electron chi connectivity index (χ4n) is 3.38. The second-order valence-corrected chi connectivity index (χ2v) is 13.7. The SMILES string of the molecule is CCOP(=O)(OCC)C(c1ccc(N(C)CCN(C)C(=O)OC(C)(C)C)cc1)P(=O)(OCC)OCC. The predicted molar refractivity (Wildman–Crippen MR) is 143 cm³/mol. The van der Waals surface area contributed by atoms with Crippen LogP contribution in [0.15, 0.2) is 24.3 Å². The number of ether oxygens (including phenoxy) is 1. The first-order valence-corrected chi connectivity index (χ1v) is 15.5. The van der Waals surface area contributed by atoms with Crippen LogP contribution in [0.25, 0.3) is 0 Å². The fourth-order valence-corrected chi connectivity index (χ4v) is 8.79. The van der Waals surface area contributed by atoms with Crippen molar-refractivity contribution in [2.24, 2.45) is 0 Å². The average molecular weight is 551 g/mol. The van der Waals surface area contributed by atoms with Gasteiger partial charge in [-0.3, -0.25) is 9.13 Å². The summed E-state index contributed by atoms with van der Waals surface area (Å²) in [4.78, 5) is 15.7. The second kappa shape index (κ2) is 14.5. The molecule has 0 aliphatic heterocycles. The largest absolute Gasteiger partial charge is 0.444 e. The van der Waals surface area contributed by atoms with Gasteiger partial charge in [0.15, 0.2) is 5.40 Å². The number of likely N-dealkylation sites (N-methyl/N-ethyl adjacent to an activating group) is 2. The second-order valence-electron chi connectivity index (χ2n) is 9.04. The van der Waals surface area contributed by atoms with E-state index in [-0.39, 0.29) is 32.5 Å². The smallest absolute Gasteiger partial charge is 0.410 e. The van der Waals surface area contributed by atoms with E-state index in [2.05, 4.69) is 0 Å². The van der Waals surface area contributed by atoms with Crippen molar-refractivity contribution in [2.75, 3.05) is 58.5 Å². The number of hydrogen-bond donors (Lipinski definition) is 0. The van der Waals surface area contributed by atoms with Gasteiger partial charge in [-0.1, -0.05) is 12.1 Å². The van der Waals surface area contributed by atoms with Crippen molar-refractivity contribution in [3.63, 3.8) is 0 Å². The van der Waals surface area contributed by atoms with Gasteiger partial charge in [0.1, 0.15) is 5.60 Å². The van der Waals surface area contributed by atoms with Crippen LogP contribution in [0.5, 0.6) is 0 Å². The number of benzene rings is 1. The van der Waals surface area contributed by atoms with Gasteiger partial charge in [-0.25, -0.2) is 4.79 Å². The topological polar surface area (TPSA) is 104 Å². The Labute approximate surface area is 216 Å². The predicted octanol–water partition coefficient (Wildman–Crippen LogP) is 6.52. The summed E-state index contributed by atoms with van der Waals surface area (Å²) in [7, 11) is -4.24. The Hall–Kier alpha value is -1.41. The van der Waals surface area contributed by atoms with Crippen LogP contribution in [0.1, 0.15) is 59.4 Å².